The van der Waals surface area contributed by atoms with Crippen molar-refractivity contribution in [1.29, 1.82) is 0 Å². The van der Waals surface area contributed by atoms with Gasteiger partial charge in [0.15, 0.2) is 0 Å². The first kappa shape index (κ1) is 30.4. The van der Waals surface area contributed by atoms with E-state index in [1.165, 1.54) is 25.3 Å². The number of nitrogens with zero attached hydrogens (tertiary/aromatic N) is 4. The Hall–Kier alpha value is -4.63. The molecule has 0 radical (unpaired) electrons. The van der Waals surface area contributed by atoms with Crippen LogP contribution < -0.4 is 5.32 Å². The first-order chi connectivity index (χ1) is 21.9. The van der Waals surface area contributed by atoms with Crippen LogP contribution in [-0.4, -0.2) is 74.9 Å². The largest absolute Gasteiger partial charge is 0.477 e. The second-order valence-electron chi connectivity index (χ2n) is 12.1. The zero-order valence-corrected chi connectivity index (χ0v) is 25.6. The number of carboxylic acids is 1. The number of fused-ring (bicyclic) bond motifs is 1. The van der Waals surface area contributed by atoms with Crippen molar-refractivity contribution >= 4 is 28.7 Å². The Balaban J connectivity index is 1.30. The van der Waals surface area contributed by atoms with Crippen LogP contribution in [0.2, 0.25) is 0 Å². The van der Waals surface area contributed by atoms with Crippen molar-refractivity contribution < 1.29 is 19.5 Å². The molecule has 3 heterocycles. The third-order valence-electron chi connectivity index (χ3n) is 9.21. The first-order valence-electron chi connectivity index (χ1n) is 15.9. The monoisotopic (exact) mass is 605 g/mol. The summed E-state index contributed by atoms with van der Waals surface area (Å²) in [5, 5.41) is 13.5. The summed E-state index contributed by atoms with van der Waals surface area (Å²) in [6.07, 6.45) is 5.96. The van der Waals surface area contributed by atoms with Crippen molar-refractivity contribution in [2.24, 2.45) is 5.92 Å². The van der Waals surface area contributed by atoms with Crippen molar-refractivity contribution in [2.75, 3.05) is 26.2 Å². The number of hydrogen-bond donors (Lipinski definition) is 2. The number of amides is 2. The summed E-state index contributed by atoms with van der Waals surface area (Å²) in [4.78, 5) is 51.9. The third kappa shape index (κ3) is 6.73. The summed E-state index contributed by atoms with van der Waals surface area (Å²) < 4.78 is 0. The molecule has 2 aromatic carbocycles. The molecule has 45 heavy (non-hydrogen) atoms. The van der Waals surface area contributed by atoms with Gasteiger partial charge >= 0.3 is 5.97 Å². The normalized spacial score (nSPS) is 16.8. The van der Waals surface area contributed by atoms with Gasteiger partial charge in [0.1, 0.15) is 11.4 Å². The van der Waals surface area contributed by atoms with Crippen molar-refractivity contribution in [1.82, 2.24) is 25.1 Å². The fourth-order valence-corrected chi connectivity index (χ4v) is 6.70. The molecule has 4 aromatic rings. The minimum atomic E-state index is -1.17. The number of rotatable bonds is 8. The van der Waals surface area contributed by atoms with Gasteiger partial charge in [-0.3, -0.25) is 14.5 Å². The molecule has 2 aliphatic rings. The highest BCUT2D eigenvalue weighted by molar-refractivity contribution is 6.09. The summed E-state index contributed by atoms with van der Waals surface area (Å²) in [5.41, 5.74) is 4.03. The Bertz CT molecular complexity index is 1690. The van der Waals surface area contributed by atoms with Gasteiger partial charge in [0, 0.05) is 55.3 Å². The van der Waals surface area contributed by atoms with Crippen molar-refractivity contribution in [3.63, 3.8) is 0 Å². The first-order valence-corrected chi connectivity index (χ1v) is 15.9. The summed E-state index contributed by atoms with van der Waals surface area (Å²) in [7, 11) is 0. The molecular formula is C36H39N5O4. The summed E-state index contributed by atoms with van der Waals surface area (Å²) in [6.45, 7) is 4.72. The number of para-hydroxylation sites is 1. The van der Waals surface area contributed by atoms with Crippen LogP contribution in [0.25, 0.3) is 22.2 Å². The van der Waals surface area contributed by atoms with E-state index in [-0.39, 0.29) is 29.2 Å². The van der Waals surface area contributed by atoms with E-state index in [0.717, 1.165) is 40.6 Å². The molecule has 1 saturated heterocycles. The smallest absolute Gasteiger partial charge is 0.354 e. The third-order valence-corrected chi connectivity index (χ3v) is 9.21. The Morgan fingerprint density at radius 3 is 2.27 bits per heavy atom. The highest BCUT2D eigenvalue weighted by atomic mass is 16.4. The fraction of sp³-hybridized carbons (Fsp3) is 0.361. The number of nitrogens with one attached hydrogen (secondary N) is 1. The molecule has 1 aliphatic carbocycles. The zero-order valence-electron chi connectivity index (χ0n) is 25.6. The number of carboxylic acid groups (broad SMARTS) is 1. The lowest BCUT2D eigenvalue weighted by Crippen LogP contribution is -2.48. The van der Waals surface area contributed by atoms with Gasteiger partial charge in [0.2, 0.25) is 0 Å². The van der Waals surface area contributed by atoms with E-state index in [9.17, 15) is 19.5 Å². The summed E-state index contributed by atoms with van der Waals surface area (Å²) in [6, 6.07) is 22.4. The number of carbonyl (C=O) groups excluding carboxylic acids is 2. The van der Waals surface area contributed by atoms with Crippen molar-refractivity contribution in [2.45, 2.75) is 51.6 Å². The molecule has 0 spiro atoms. The summed E-state index contributed by atoms with van der Waals surface area (Å²) >= 11 is 0. The van der Waals surface area contributed by atoms with Crippen molar-refractivity contribution in [3.05, 3.63) is 95.3 Å². The van der Waals surface area contributed by atoms with Crippen LogP contribution >= 0.6 is 0 Å². The highest BCUT2D eigenvalue weighted by Crippen LogP contribution is 2.33. The van der Waals surface area contributed by atoms with Gasteiger partial charge in [-0.25, -0.2) is 14.8 Å². The van der Waals surface area contributed by atoms with Gasteiger partial charge in [-0.05, 0) is 43.9 Å². The maximum Gasteiger partial charge on any atom is 0.354 e. The van der Waals surface area contributed by atoms with Crippen molar-refractivity contribution in [3.8, 4) is 11.3 Å². The molecule has 1 atom stereocenters. The second-order valence-corrected chi connectivity index (χ2v) is 12.1. The van der Waals surface area contributed by atoms with Crippen LogP contribution in [0.5, 0.6) is 0 Å². The van der Waals surface area contributed by atoms with Gasteiger partial charge < -0.3 is 15.3 Å². The summed E-state index contributed by atoms with van der Waals surface area (Å²) in [5.74, 6) is -1.05. The molecule has 0 bridgehead atoms. The molecule has 2 fully saturated rings. The number of benzene rings is 2. The predicted molar refractivity (Wildman–Crippen MR) is 173 cm³/mol. The van der Waals surface area contributed by atoms with E-state index in [1.807, 2.05) is 54.6 Å². The number of pyridine rings is 2. The lowest BCUT2D eigenvalue weighted by atomic mass is 9.84. The predicted octanol–water partition coefficient (Wildman–Crippen LogP) is 5.65. The van der Waals surface area contributed by atoms with E-state index in [4.69, 9.17) is 4.98 Å². The van der Waals surface area contributed by atoms with E-state index in [0.29, 0.717) is 44.2 Å². The standard InChI is InChI=1S/C36H39N5O4/c1-24(25-11-4-2-5-12-25)37-34(42)32-27-15-8-9-16-29(27)39-33(26-13-6-3-7-14-26)28(32)23-40-19-21-41(22-20-40)35(43)30-17-10-18-31(38-30)36(44)45/h3,6-10,13-18,24-25H,2,4-5,11-12,19-23H2,1H3,(H,37,42)(H,44,45)/t24-/m0/s1. The lowest BCUT2D eigenvalue weighted by Gasteiger charge is -2.35. The van der Waals surface area contributed by atoms with Crippen LogP contribution in [0.1, 0.15) is 75.9 Å². The molecule has 1 aliphatic heterocycles. The van der Waals surface area contributed by atoms with Gasteiger partial charge in [0.05, 0.1) is 16.8 Å². The number of carbonyl (C=O) groups is 3. The molecule has 2 N–H and O–H groups in total. The number of piperazine rings is 1. The van der Waals surface area contributed by atoms with Gasteiger partial charge in [-0.1, -0.05) is 73.9 Å². The minimum absolute atomic E-state index is 0.0700. The maximum atomic E-state index is 14.3. The Morgan fingerprint density at radius 1 is 0.844 bits per heavy atom. The molecule has 2 aromatic heterocycles. The Morgan fingerprint density at radius 2 is 1.53 bits per heavy atom. The SMILES string of the molecule is C[C@H](NC(=O)c1c(CN2CCN(C(=O)c3cccc(C(=O)O)n3)CC2)c(-c2ccccc2)nc2ccccc12)C1CCCCC1. The van der Waals surface area contributed by atoms with Crippen LogP contribution in [-0.2, 0) is 6.54 Å². The maximum absolute atomic E-state index is 14.3. The van der Waals surface area contributed by atoms with Crippen LogP contribution in [0.4, 0.5) is 0 Å². The fourth-order valence-electron chi connectivity index (χ4n) is 6.70. The molecule has 9 heteroatoms. The van der Waals surface area contributed by atoms with Gasteiger partial charge in [-0.15, -0.1) is 0 Å². The molecular weight excluding hydrogens is 566 g/mol. The van der Waals surface area contributed by atoms with E-state index >= 15 is 0 Å². The van der Waals surface area contributed by atoms with Crippen LogP contribution in [0.15, 0.2) is 72.8 Å². The quantitative estimate of drug-likeness (QED) is 0.267. The van der Waals surface area contributed by atoms with E-state index in [2.05, 4.69) is 22.1 Å². The average Bonchev–Trinajstić information content (AvgIpc) is 3.08. The molecule has 0 unspecified atom stereocenters. The molecule has 2 amide bonds. The number of aromatic carboxylic acids is 1. The second kappa shape index (κ2) is 13.6. The minimum Gasteiger partial charge on any atom is -0.477 e. The topological polar surface area (TPSA) is 116 Å². The molecule has 9 nitrogen and oxygen atoms in total. The highest BCUT2D eigenvalue weighted by Gasteiger charge is 2.29. The Kier molecular flexibility index (Phi) is 9.16. The average molecular weight is 606 g/mol. The van der Waals surface area contributed by atoms with Gasteiger partial charge in [-0.2, -0.15) is 0 Å². The molecule has 6 rings (SSSR count). The van der Waals surface area contributed by atoms with Gasteiger partial charge in [0.25, 0.3) is 11.8 Å². The number of hydrogen-bond acceptors (Lipinski definition) is 6. The Labute approximate surface area is 263 Å². The zero-order chi connectivity index (χ0) is 31.3. The molecule has 1 saturated carbocycles. The lowest BCUT2D eigenvalue weighted by molar-refractivity contribution is 0.0622. The van der Waals surface area contributed by atoms with Crippen LogP contribution in [0, 0.1) is 5.92 Å². The number of aromatic nitrogens is 2. The van der Waals surface area contributed by atoms with E-state index < -0.39 is 5.97 Å². The molecule has 232 valence electrons. The van der Waals surface area contributed by atoms with E-state index in [1.54, 1.807) is 17.0 Å². The van der Waals surface area contributed by atoms with Crippen LogP contribution in [0.3, 0.4) is 0 Å².